The van der Waals surface area contributed by atoms with Crippen LogP contribution >= 0.6 is 0 Å². The van der Waals surface area contributed by atoms with Crippen molar-refractivity contribution in [3.63, 3.8) is 0 Å². The van der Waals surface area contributed by atoms with E-state index in [1.807, 2.05) is 37.8 Å². The van der Waals surface area contributed by atoms with E-state index in [2.05, 4.69) is 18.3 Å². The van der Waals surface area contributed by atoms with Crippen LogP contribution in [0.5, 0.6) is 0 Å². The fourth-order valence-corrected chi connectivity index (χ4v) is 2.80. The Kier molecular flexibility index (Phi) is 5.23. The molecule has 1 N–H and O–H groups in total. The lowest BCUT2D eigenvalue weighted by molar-refractivity contribution is -0.0586. The van der Waals surface area contributed by atoms with Gasteiger partial charge in [-0.25, -0.2) is 0 Å². The monoisotopic (exact) mass is 290 g/mol. The summed E-state index contributed by atoms with van der Waals surface area (Å²) in [5.41, 5.74) is 2.89. The second-order valence-electron chi connectivity index (χ2n) is 5.92. The summed E-state index contributed by atoms with van der Waals surface area (Å²) in [4.78, 5) is 14.6. The first-order valence-corrected chi connectivity index (χ1v) is 7.80. The molecule has 2 atom stereocenters. The largest absolute Gasteiger partial charge is 0.385 e. The van der Waals surface area contributed by atoms with E-state index in [9.17, 15) is 4.79 Å². The molecule has 1 saturated heterocycles. The summed E-state index contributed by atoms with van der Waals surface area (Å²) in [6.45, 7) is 10.4. The topological polar surface area (TPSA) is 41.6 Å². The van der Waals surface area contributed by atoms with Crippen LogP contribution in [0.25, 0.3) is 0 Å². The van der Waals surface area contributed by atoms with E-state index in [0.29, 0.717) is 13.1 Å². The van der Waals surface area contributed by atoms with Gasteiger partial charge in [0.25, 0.3) is 5.91 Å². The average Bonchev–Trinajstić information content (AvgIpc) is 2.43. The number of ether oxygens (including phenoxy) is 1. The van der Waals surface area contributed by atoms with Crippen molar-refractivity contribution >= 4 is 11.6 Å². The molecule has 0 spiro atoms. The molecule has 4 heteroatoms. The minimum Gasteiger partial charge on any atom is -0.385 e. The summed E-state index contributed by atoms with van der Waals surface area (Å²) in [6, 6.07) is 5.97. The lowest BCUT2D eigenvalue weighted by Crippen LogP contribution is -2.48. The highest BCUT2D eigenvalue weighted by molar-refractivity contribution is 5.96. The number of carbonyl (C=O) groups is 1. The molecule has 0 saturated carbocycles. The number of aryl methyl sites for hydroxylation is 1. The number of benzene rings is 1. The highest BCUT2D eigenvalue weighted by Gasteiger charge is 2.27. The molecule has 1 amide bonds. The molecule has 1 aliphatic rings. The normalized spacial score (nSPS) is 22.2. The van der Waals surface area contributed by atoms with Crippen molar-refractivity contribution < 1.29 is 9.53 Å². The number of morpholine rings is 1. The molecule has 116 valence electrons. The number of nitrogens with zero attached hydrogens (tertiary/aromatic N) is 1. The Morgan fingerprint density at radius 1 is 1.33 bits per heavy atom. The first kappa shape index (κ1) is 15.8. The van der Waals surface area contributed by atoms with Crippen LogP contribution in [0.4, 0.5) is 5.69 Å². The Balaban J connectivity index is 2.11. The summed E-state index contributed by atoms with van der Waals surface area (Å²) >= 11 is 0. The molecule has 4 nitrogen and oxygen atoms in total. The van der Waals surface area contributed by atoms with Gasteiger partial charge in [-0.2, -0.15) is 0 Å². The minimum atomic E-state index is 0.100. The number of rotatable bonds is 4. The zero-order valence-corrected chi connectivity index (χ0v) is 13.5. The van der Waals surface area contributed by atoms with Gasteiger partial charge in [-0.05, 0) is 51.0 Å². The molecule has 1 fully saturated rings. The van der Waals surface area contributed by atoms with E-state index in [-0.39, 0.29) is 18.1 Å². The molecule has 2 unspecified atom stereocenters. The number of nitrogens with one attached hydrogen (secondary N) is 1. The summed E-state index contributed by atoms with van der Waals surface area (Å²) in [7, 11) is 0. The molecule has 1 aliphatic heterocycles. The van der Waals surface area contributed by atoms with E-state index in [4.69, 9.17) is 4.74 Å². The van der Waals surface area contributed by atoms with Gasteiger partial charge >= 0.3 is 0 Å². The highest BCUT2D eigenvalue weighted by Crippen LogP contribution is 2.19. The second kappa shape index (κ2) is 6.94. The Hall–Kier alpha value is -1.55. The van der Waals surface area contributed by atoms with E-state index >= 15 is 0 Å². The summed E-state index contributed by atoms with van der Waals surface area (Å²) in [5.74, 6) is 0.108. The number of hydrogen-bond acceptors (Lipinski definition) is 3. The first-order valence-electron chi connectivity index (χ1n) is 7.80. The minimum absolute atomic E-state index is 0.100. The van der Waals surface area contributed by atoms with Crippen molar-refractivity contribution in [3.8, 4) is 0 Å². The molecule has 1 aromatic carbocycles. The molecule has 2 rings (SSSR count). The molecule has 21 heavy (non-hydrogen) atoms. The Morgan fingerprint density at radius 2 is 2.00 bits per heavy atom. The van der Waals surface area contributed by atoms with Crippen molar-refractivity contribution in [1.29, 1.82) is 0 Å². The maximum Gasteiger partial charge on any atom is 0.254 e. The van der Waals surface area contributed by atoms with Crippen molar-refractivity contribution in [2.24, 2.45) is 0 Å². The van der Waals surface area contributed by atoms with Gasteiger partial charge in [0.15, 0.2) is 0 Å². The lowest BCUT2D eigenvalue weighted by atomic mass is 10.1. The maximum atomic E-state index is 12.7. The van der Waals surface area contributed by atoms with Gasteiger partial charge in [-0.1, -0.05) is 6.92 Å². The number of amides is 1. The third-order valence-corrected chi connectivity index (χ3v) is 3.74. The predicted molar refractivity (Wildman–Crippen MR) is 85.9 cm³/mol. The molecule has 1 aromatic rings. The maximum absolute atomic E-state index is 12.7. The standard InChI is InChI=1S/C17H26N2O2/c1-5-8-18-15-6-7-16(12(2)9-15)17(20)19-10-13(3)21-14(4)11-19/h6-7,9,13-14,18H,5,8,10-11H2,1-4H3. The van der Waals surface area contributed by atoms with Gasteiger partial charge in [0.1, 0.15) is 0 Å². The summed E-state index contributed by atoms with van der Waals surface area (Å²) in [5, 5.41) is 3.35. The molecule has 0 radical (unpaired) electrons. The van der Waals surface area contributed by atoms with Crippen LogP contribution < -0.4 is 5.32 Å². The average molecular weight is 290 g/mol. The van der Waals surface area contributed by atoms with Crippen LogP contribution in [0.15, 0.2) is 18.2 Å². The Bertz CT molecular complexity index is 492. The van der Waals surface area contributed by atoms with E-state index in [1.54, 1.807) is 0 Å². The van der Waals surface area contributed by atoms with Gasteiger partial charge in [-0.15, -0.1) is 0 Å². The SMILES string of the molecule is CCCNc1ccc(C(=O)N2CC(C)OC(C)C2)c(C)c1. The van der Waals surface area contributed by atoms with Gasteiger partial charge in [0, 0.05) is 30.9 Å². The lowest BCUT2D eigenvalue weighted by Gasteiger charge is -2.35. The van der Waals surface area contributed by atoms with Crippen molar-refractivity contribution in [2.45, 2.75) is 46.3 Å². The smallest absolute Gasteiger partial charge is 0.254 e. The van der Waals surface area contributed by atoms with Crippen LogP contribution in [0.3, 0.4) is 0 Å². The van der Waals surface area contributed by atoms with E-state index < -0.39 is 0 Å². The first-order chi connectivity index (χ1) is 10.0. The third kappa shape index (κ3) is 3.97. The third-order valence-electron chi connectivity index (χ3n) is 3.74. The molecular weight excluding hydrogens is 264 g/mol. The van der Waals surface area contributed by atoms with Crippen LogP contribution in [0, 0.1) is 6.92 Å². The van der Waals surface area contributed by atoms with Crippen LogP contribution in [0.2, 0.25) is 0 Å². The molecular formula is C17H26N2O2. The van der Waals surface area contributed by atoms with Crippen molar-refractivity contribution in [2.75, 3.05) is 25.0 Å². The Morgan fingerprint density at radius 3 is 2.57 bits per heavy atom. The number of anilines is 1. The molecule has 1 heterocycles. The second-order valence-corrected chi connectivity index (χ2v) is 5.92. The Labute approximate surface area is 127 Å². The zero-order chi connectivity index (χ0) is 15.4. The number of hydrogen-bond donors (Lipinski definition) is 1. The highest BCUT2D eigenvalue weighted by atomic mass is 16.5. The molecule has 0 aliphatic carbocycles. The van der Waals surface area contributed by atoms with Crippen molar-refractivity contribution in [3.05, 3.63) is 29.3 Å². The summed E-state index contributed by atoms with van der Waals surface area (Å²) < 4.78 is 5.69. The number of carbonyl (C=O) groups excluding carboxylic acids is 1. The zero-order valence-electron chi connectivity index (χ0n) is 13.5. The molecule has 0 bridgehead atoms. The van der Waals surface area contributed by atoms with Crippen LogP contribution in [-0.2, 0) is 4.74 Å². The predicted octanol–water partition coefficient (Wildman–Crippen LogP) is 3.07. The van der Waals surface area contributed by atoms with Crippen molar-refractivity contribution in [1.82, 2.24) is 4.90 Å². The van der Waals surface area contributed by atoms with Crippen LogP contribution in [0.1, 0.15) is 43.1 Å². The van der Waals surface area contributed by atoms with Gasteiger partial charge in [-0.3, -0.25) is 4.79 Å². The molecule has 0 aromatic heterocycles. The van der Waals surface area contributed by atoms with E-state index in [1.165, 1.54) is 0 Å². The van der Waals surface area contributed by atoms with Crippen LogP contribution in [-0.4, -0.2) is 42.6 Å². The fourth-order valence-electron chi connectivity index (χ4n) is 2.80. The van der Waals surface area contributed by atoms with E-state index in [0.717, 1.165) is 29.8 Å². The quantitative estimate of drug-likeness (QED) is 0.926. The van der Waals surface area contributed by atoms with Gasteiger partial charge < -0.3 is 15.0 Å². The van der Waals surface area contributed by atoms with Gasteiger partial charge in [0.05, 0.1) is 12.2 Å². The fraction of sp³-hybridized carbons (Fsp3) is 0.588. The van der Waals surface area contributed by atoms with Gasteiger partial charge in [0.2, 0.25) is 0 Å². The summed E-state index contributed by atoms with van der Waals surface area (Å²) in [6.07, 6.45) is 1.29.